The van der Waals surface area contributed by atoms with Crippen molar-refractivity contribution in [1.29, 1.82) is 0 Å². The lowest BCUT2D eigenvalue weighted by Gasteiger charge is -2.36. The van der Waals surface area contributed by atoms with Crippen LogP contribution < -0.4 is 4.90 Å². The summed E-state index contributed by atoms with van der Waals surface area (Å²) in [5, 5.41) is 0. The van der Waals surface area contributed by atoms with Crippen LogP contribution in [0.2, 0.25) is 0 Å². The first kappa shape index (κ1) is 19.2. The van der Waals surface area contributed by atoms with Gasteiger partial charge in [-0.15, -0.1) is 0 Å². The predicted molar refractivity (Wildman–Crippen MR) is 97.5 cm³/mol. The van der Waals surface area contributed by atoms with Gasteiger partial charge in [-0.2, -0.15) is 0 Å². The SMILES string of the molecule is CC[C@H](CCC(C)C)CCN1CCN(c2cccc(F)c2F)CC1. The number of nitrogens with zero attached hydrogens (tertiary/aromatic N) is 2. The molecule has 2 nitrogen and oxygen atoms in total. The van der Waals surface area contributed by atoms with Crippen LogP contribution in [0.5, 0.6) is 0 Å². The number of rotatable bonds is 8. The van der Waals surface area contributed by atoms with E-state index in [4.69, 9.17) is 0 Å². The molecule has 1 atom stereocenters. The number of hydrogen-bond donors (Lipinski definition) is 0. The second-order valence-corrected chi connectivity index (χ2v) is 7.44. The van der Waals surface area contributed by atoms with Gasteiger partial charge >= 0.3 is 0 Å². The van der Waals surface area contributed by atoms with Crippen LogP contribution in [-0.4, -0.2) is 37.6 Å². The lowest BCUT2D eigenvalue weighted by atomic mass is 9.93. The van der Waals surface area contributed by atoms with Crippen LogP contribution >= 0.6 is 0 Å². The molecule has 1 aliphatic heterocycles. The second-order valence-electron chi connectivity index (χ2n) is 7.44. The molecule has 0 bridgehead atoms. The Kier molecular flexibility index (Phi) is 7.47. The van der Waals surface area contributed by atoms with Gasteiger partial charge in [0, 0.05) is 26.2 Å². The Hall–Kier alpha value is -1.16. The van der Waals surface area contributed by atoms with Crippen LogP contribution in [0.1, 0.15) is 46.5 Å². The molecule has 0 N–H and O–H groups in total. The molecule has 1 fully saturated rings. The number of anilines is 1. The molecule has 4 heteroatoms. The third kappa shape index (κ3) is 5.44. The van der Waals surface area contributed by atoms with Gasteiger partial charge in [0.2, 0.25) is 0 Å². The highest BCUT2D eigenvalue weighted by Crippen LogP contribution is 2.23. The van der Waals surface area contributed by atoms with Crippen molar-refractivity contribution < 1.29 is 8.78 Å². The number of halogens is 2. The molecular formula is C20H32F2N2. The first-order chi connectivity index (χ1) is 11.5. The van der Waals surface area contributed by atoms with E-state index in [9.17, 15) is 8.78 Å². The maximum Gasteiger partial charge on any atom is 0.182 e. The Bertz CT molecular complexity index is 496. The van der Waals surface area contributed by atoms with Gasteiger partial charge in [-0.3, -0.25) is 4.90 Å². The summed E-state index contributed by atoms with van der Waals surface area (Å²) in [4.78, 5) is 4.43. The third-order valence-corrected chi connectivity index (χ3v) is 5.23. The van der Waals surface area contributed by atoms with Crippen LogP contribution in [-0.2, 0) is 0 Å². The van der Waals surface area contributed by atoms with E-state index >= 15 is 0 Å². The fourth-order valence-electron chi connectivity index (χ4n) is 3.44. The predicted octanol–water partition coefficient (Wildman–Crippen LogP) is 4.94. The molecule has 0 radical (unpaired) electrons. The topological polar surface area (TPSA) is 6.48 Å². The summed E-state index contributed by atoms with van der Waals surface area (Å²) >= 11 is 0. The van der Waals surface area contributed by atoms with E-state index in [0.29, 0.717) is 5.69 Å². The fourth-order valence-corrected chi connectivity index (χ4v) is 3.44. The minimum absolute atomic E-state index is 0.401. The summed E-state index contributed by atoms with van der Waals surface area (Å²) in [6.07, 6.45) is 5.13. The van der Waals surface area contributed by atoms with Crippen molar-refractivity contribution in [2.75, 3.05) is 37.6 Å². The second kappa shape index (κ2) is 9.36. The summed E-state index contributed by atoms with van der Waals surface area (Å²) < 4.78 is 27.3. The highest BCUT2D eigenvalue weighted by atomic mass is 19.2. The lowest BCUT2D eigenvalue weighted by Crippen LogP contribution is -2.47. The fraction of sp³-hybridized carbons (Fsp3) is 0.700. The minimum atomic E-state index is -0.758. The van der Waals surface area contributed by atoms with Crippen molar-refractivity contribution in [3.05, 3.63) is 29.8 Å². The Morgan fingerprint density at radius 1 is 1.00 bits per heavy atom. The molecule has 1 aromatic carbocycles. The highest BCUT2D eigenvalue weighted by Gasteiger charge is 2.21. The summed E-state index contributed by atoms with van der Waals surface area (Å²) in [6, 6.07) is 4.44. The molecule has 24 heavy (non-hydrogen) atoms. The molecule has 1 aromatic rings. The molecule has 1 aliphatic rings. The quantitative estimate of drug-likeness (QED) is 0.662. The van der Waals surface area contributed by atoms with Crippen molar-refractivity contribution in [1.82, 2.24) is 4.90 Å². The van der Waals surface area contributed by atoms with Gasteiger partial charge in [0.15, 0.2) is 11.6 Å². The van der Waals surface area contributed by atoms with E-state index < -0.39 is 11.6 Å². The zero-order valence-electron chi connectivity index (χ0n) is 15.4. The van der Waals surface area contributed by atoms with E-state index in [1.54, 1.807) is 12.1 Å². The van der Waals surface area contributed by atoms with Gasteiger partial charge < -0.3 is 4.90 Å². The Morgan fingerprint density at radius 2 is 1.71 bits per heavy atom. The maximum atomic E-state index is 13.9. The smallest absolute Gasteiger partial charge is 0.182 e. The average Bonchev–Trinajstić information content (AvgIpc) is 2.58. The first-order valence-electron chi connectivity index (χ1n) is 9.42. The molecule has 0 aliphatic carbocycles. The molecular weight excluding hydrogens is 306 g/mol. The Labute approximate surface area is 145 Å². The van der Waals surface area contributed by atoms with Crippen molar-refractivity contribution in [2.45, 2.75) is 46.5 Å². The van der Waals surface area contributed by atoms with Gasteiger partial charge in [0.05, 0.1) is 5.69 Å². The van der Waals surface area contributed by atoms with Gasteiger partial charge in [-0.25, -0.2) is 8.78 Å². The van der Waals surface area contributed by atoms with Crippen molar-refractivity contribution in [2.24, 2.45) is 11.8 Å². The number of benzene rings is 1. The Balaban J connectivity index is 1.77. The van der Waals surface area contributed by atoms with E-state index in [1.165, 1.54) is 31.7 Å². The molecule has 0 amide bonds. The summed E-state index contributed by atoms with van der Waals surface area (Å²) in [7, 11) is 0. The van der Waals surface area contributed by atoms with Crippen LogP contribution in [0.3, 0.4) is 0 Å². The Morgan fingerprint density at radius 3 is 2.33 bits per heavy atom. The molecule has 0 saturated carbocycles. The first-order valence-corrected chi connectivity index (χ1v) is 9.42. The van der Waals surface area contributed by atoms with Crippen LogP contribution in [0, 0.1) is 23.5 Å². The normalized spacial score (nSPS) is 17.5. The molecule has 1 heterocycles. The minimum Gasteiger partial charge on any atom is -0.367 e. The van der Waals surface area contributed by atoms with Crippen molar-refractivity contribution in [3.8, 4) is 0 Å². The van der Waals surface area contributed by atoms with E-state index in [-0.39, 0.29) is 0 Å². The van der Waals surface area contributed by atoms with Gasteiger partial charge in [0.25, 0.3) is 0 Å². The maximum absolute atomic E-state index is 13.9. The number of piperazine rings is 1. The van der Waals surface area contributed by atoms with Crippen LogP contribution in [0.25, 0.3) is 0 Å². The average molecular weight is 338 g/mol. The standard InChI is InChI=1S/C20H32F2N2/c1-4-17(9-8-16(2)3)10-11-23-12-14-24(15-13-23)19-7-5-6-18(21)20(19)22/h5-7,16-17H,4,8-15H2,1-3H3/t17-/m1/s1. The van der Waals surface area contributed by atoms with E-state index in [0.717, 1.165) is 44.6 Å². The van der Waals surface area contributed by atoms with E-state index in [1.807, 2.05) is 4.90 Å². The highest BCUT2D eigenvalue weighted by molar-refractivity contribution is 5.48. The van der Waals surface area contributed by atoms with Gasteiger partial charge in [-0.05, 0) is 36.9 Å². The number of hydrogen-bond acceptors (Lipinski definition) is 2. The zero-order chi connectivity index (χ0) is 17.5. The monoisotopic (exact) mass is 338 g/mol. The van der Waals surface area contributed by atoms with Crippen molar-refractivity contribution >= 4 is 5.69 Å². The summed E-state index contributed by atoms with van der Waals surface area (Å²) in [5.74, 6) is 0.117. The summed E-state index contributed by atoms with van der Waals surface area (Å²) in [5.41, 5.74) is 0.401. The molecule has 0 spiro atoms. The molecule has 0 aromatic heterocycles. The molecule has 1 saturated heterocycles. The zero-order valence-corrected chi connectivity index (χ0v) is 15.4. The van der Waals surface area contributed by atoms with Crippen molar-refractivity contribution in [3.63, 3.8) is 0 Å². The molecule has 0 unspecified atom stereocenters. The van der Waals surface area contributed by atoms with Gasteiger partial charge in [0.1, 0.15) is 0 Å². The third-order valence-electron chi connectivity index (χ3n) is 5.23. The van der Waals surface area contributed by atoms with E-state index in [2.05, 4.69) is 25.7 Å². The molecule has 2 rings (SSSR count). The molecule has 136 valence electrons. The largest absolute Gasteiger partial charge is 0.367 e. The lowest BCUT2D eigenvalue weighted by molar-refractivity contribution is 0.230. The van der Waals surface area contributed by atoms with Crippen LogP contribution in [0.4, 0.5) is 14.5 Å². The van der Waals surface area contributed by atoms with Crippen LogP contribution in [0.15, 0.2) is 18.2 Å². The summed E-state index contributed by atoms with van der Waals surface area (Å²) in [6.45, 7) is 11.4. The van der Waals surface area contributed by atoms with Gasteiger partial charge in [-0.1, -0.05) is 46.1 Å².